The fourth-order valence-corrected chi connectivity index (χ4v) is 1.42. The number of alkyl halides is 3. The van der Waals surface area contributed by atoms with E-state index >= 15 is 0 Å². The van der Waals surface area contributed by atoms with Crippen molar-refractivity contribution in [2.45, 2.75) is 12.5 Å². The first-order valence-electron chi connectivity index (χ1n) is 5.49. The molecule has 0 saturated carbocycles. The maximum atomic E-state index is 12.9. The van der Waals surface area contributed by atoms with E-state index in [1.165, 1.54) is 14.2 Å². The number of methoxy groups -OCH3 is 2. The summed E-state index contributed by atoms with van der Waals surface area (Å²) in [6, 6.07) is 2.83. The van der Waals surface area contributed by atoms with Gasteiger partial charge in [0.2, 0.25) is 5.91 Å². The maximum absolute atomic E-state index is 12.9. The van der Waals surface area contributed by atoms with Gasteiger partial charge in [0.05, 0.1) is 5.56 Å². The second-order valence-corrected chi connectivity index (χ2v) is 3.78. The van der Waals surface area contributed by atoms with E-state index in [4.69, 9.17) is 19.9 Å². The van der Waals surface area contributed by atoms with Gasteiger partial charge in [-0.15, -0.1) is 0 Å². The molecular formula is C12H14F3NO4. The number of hydrogen-bond donors (Lipinski definition) is 1. The highest BCUT2D eigenvalue weighted by Gasteiger charge is 2.35. The summed E-state index contributed by atoms with van der Waals surface area (Å²) in [6.45, 7) is -0.230. The smallest absolute Gasteiger partial charge is 0.419 e. The Morgan fingerprint density at radius 1 is 1.30 bits per heavy atom. The van der Waals surface area contributed by atoms with E-state index in [0.29, 0.717) is 6.07 Å². The van der Waals surface area contributed by atoms with Gasteiger partial charge in [0.25, 0.3) is 0 Å². The quantitative estimate of drug-likeness (QED) is 0.812. The first kappa shape index (κ1) is 16.3. The summed E-state index contributed by atoms with van der Waals surface area (Å²) < 4.78 is 53.3. The molecule has 0 aliphatic rings. The van der Waals surface area contributed by atoms with Crippen LogP contribution in [0.1, 0.15) is 15.9 Å². The van der Waals surface area contributed by atoms with Crippen LogP contribution in [0.4, 0.5) is 13.2 Å². The Kier molecular flexibility index (Phi) is 5.34. The van der Waals surface area contributed by atoms with Crippen molar-refractivity contribution >= 4 is 5.91 Å². The van der Waals surface area contributed by atoms with Crippen molar-refractivity contribution < 1.29 is 32.2 Å². The van der Waals surface area contributed by atoms with E-state index in [9.17, 15) is 18.0 Å². The predicted octanol–water partition coefficient (Wildman–Crippen LogP) is 1.80. The average molecular weight is 293 g/mol. The van der Waals surface area contributed by atoms with Crippen LogP contribution in [0.5, 0.6) is 5.75 Å². The summed E-state index contributed by atoms with van der Waals surface area (Å²) >= 11 is 0. The normalized spacial score (nSPS) is 11.7. The van der Waals surface area contributed by atoms with Gasteiger partial charge in [-0.05, 0) is 18.2 Å². The number of rotatable bonds is 6. The lowest BCUT2D eigenvalue weighted by Crippen LogP contribution is -2.23. The Bertz CT molecular complexity index is 472. The molecule has 1 amide bonds. The third-order valence-electron chi connectivity index (χ3n) is 2.47. The van der Waals surface area contributed by atoms with Gasteiger partial charge >= 0.3 is 6.18 Å². The zero-order chi connectivity index (χ0) is 15.3. The topological polar surface area (TPSA) is 70.8 Å². The predicted molar refractivity (Wildman–Crippen MR) is 63.3 cm³/mol. The number of carbonyl (C=O) groups is 1. The van der Waals surface area contributed by atoms with E-state index in [1.54, 1.807) is 0 Å². The molecule has 0 radical (unpaired) electrons. The fourth-order valence-electron chi connectivity index (χ4n) is 1.42. The lowest BCUT2D eigenvalue weighted by molar-refractivity contribution is -0.142. The number of nitrogens with two attached hydrogens (primary N) is 1. The average Bonchev–Trinajstić information content (AvgIpc) is 2.38. The molecule has 0 aliphatic heterocycles. The highest BCUT2D eigenvalue weighted by molar-refractivity contribution is 5.93. The van der Waals surface area contributed by atoms with Crippen LogP contribution < -0.4 is 10.5 Å². The second kappa shape index (κ2) is 6.58. The number of hydrogen-bond acceptors (Lipinski definition) is 4. The summed E-state index contributed by atoms with van der Waals surface area (Å²) in [5.41, 5.74) is 3.62. The Morgan fingerprint density at radius 2 is 1.90 bits per heavy atom. The molecule has 2 N–H and O–H groups in total. The Morgan fingerprint density at radius 3 is 2.35 bits per heavy atom. The highest BCUT2D eigenvalue weighted by Crippen LogP contribution is 2.36. The van der Waals surface area contributed by atoms with Crippen LogP contribution >= 0.6 is 0 Å². The number of amides is 1. The van der Waals surface area contributed by atoms with Gasteiger partial charge in [0.15, 0.2) is 6.29 Å². The summed E-state index contributed by atoms with van der Waals surface area (Å²) in [7, 11) is 2.66. The number of carbonyl (C=O) groups excluding carboxylic acids is 1. The standard InChI is InChI=1S/C12H14F3NO4/c1-18-10(19-2)6-20-9-4-3-7(11(16)17)5-8(9)12(13,14)15/h3-5,10H,6H2,1-2H3,(H2,16,17). The van der Waals surface area contributed by atoms with Gasteiger partial charge in [0.1, 0.15) is 12.4 Å². The fraction of sp³-hybridized carbons (Fsp3) is 0.417. The molecular weight excluding hydrogens is 279 g/mol. The number of ether oxygens (including phenoxy) is 3. The minimum atomic E-state index is -4.67. The summed E-state index contributed by atoms with van der Waals surface area (Å²) in [5, 5.41) is 0. The van der Waals surface area contributed by atoms with Crippen LogP contribution in [0.2, 0.25) is 0 Å². The SMILES string of the molecule is COC(COc1ccc(C(N)=O)cc1C(F)(F)F)OC. The van der Waals surface area contributed by atoms with Gasteiger partial charge in [0, 0.05) is 19.8 Å². The molecule has 0 aromatic heterocycles. The molecule has 0 fully saturated rings. The van der Waals surface area contributed by atoms with Crippen molar-refractivity contribution in [3.63, 3.8) is 0 Å². The van der Waals surface area contributed by atoms with Crippen molar-refractivity contribution in [1.82, 2.24) is 0 Å². The molecule has 0 atom stereocenters. The summed E-state index contributed by atoms with van der Waals surface area (Å²) in [4.78, 5) is 10.9. The Labute approximate surface area is 113 Å². The number of benzene rings is 1. The lowest BCUT2D eigenvalue weighted by atomic mass is 10.1. The molecule has 8 heteroatoms. The molecule has 0 saturated heterocycles. The van der Waals surface area contributed by atoms with Gasteiger partial charge in [-0.25, -0.2) is 0 Å². The van der Waals surface area contributed by atoms with Crippen molar-refractivity contribution in [3.05, 3.63) is 29.3 Å². The van der Waals surface area contributed by atoms with Crippen molar-refractivity contribution in [1.29, 1.82) is 0 Å². The van der Waals surface area contributed by atoms with Gasteiger partial charge in [-0.1, -0.05) is 0 Å². The third kappa shape index (κ3) is 4.10. The first-order chi connectivity index (χ1) is 9.29. The Hall–Kier alpha value is -1.80. The van der Waals surface area contributed by atoms with E-state index in [1.807, 2.05) is 0 Å². The van der Waals surface area contributed by atoms with Gasteiger partial charge in [-0.2, -0.15) is 13.2 Å². The van der Waals surface area contributed by atoms with Crippen LogP contribution in [0.25, 0.3) is 0 Å². The molecule has 1 aromatic rings. The molecule has 5 nitrogen and oxygen atoms in total. The number of primary amides is 1. The van der Waals surface area contributed by atoms with E-state index in [-0.39, 0.29) is 12.2 Å². The van der Waals surface area contributed by atoms with Crippen LogP contribution in [0.3, 0.4) is 0 Å². The third-order valence-corrected chi connectivity index (χ3v) is 2.47. The van der Waals surface area contributed by atoms with Crippen molar-refractivity contribution in [3.8, 4) is 5.75 Å². The molecule has 0 bridgehead atoms. The van der Waals surface area contributed by atoms with E-state index in [0.717, 1.165) is 12.1 Å². The minimum Gasteiger partial charge on any atom is -0.488 e. The van der Waals surface area contributed by atoms with Crippen molar-refractivity contribution in [2.75, 3.05) is 20.8 Å². The molecule has 0 unspecified atom stereocenters. The maximum Gasteiger partial charge on any atom is 0.419 e. The largest absolute Gasteiger partial charge is 0.488 e. The molecule has 20 heavy (non-hydrogen) atoms. The van der Waals surface area contributed by atoms with Crippen LogP contribution in [0.15, 0.2) is 18.2 Å². The number of halogens is 3. The van der Waals surface area contributed by atoms with Gasteiger partial charge < -0.3 is 19.9 Å². The monoisotopic (exact) mass is 293 g/mol. The van der Waals surface area contributed by atoms with Crippen LogP contribution in [0, 0.1) is 0 Å². The van der Waals surface area contributed by atoms with Crippen LogP contribution in [-0.2, 0) is 15.7 Å². The highest BCUT2D eigenvalue weighted by atomic mass is 19.4. The zero-order valence-corrected chi connectivity index (χ0v) is 10.9. The van der Waals surface area contributed by atoms with Gasteiger partial charge in [-0.3, -0.25) is 4.79 Å². The first-order valence-corrected chi connectivity index (χ1v) is 5.49. The van der Waals surface area contributed by atoms with Crippen molar-refractivity contribution in [2.24, 2.45) is 5.73 Å². The van der Waals surface area contributed by atoms with E-state index < -0.39 is 29.7 Å². The summed E-state index contributed by atoms with van der Waals surface area (Å²) in [5.74, 6) is -1.38. The summed E-state index contributed by atoms with van der Waals surface area (Å²) in [6.07, 6.45) is -5.47. The Balaban J connectivity index is 3.03. The molecule has 1 rings (SSSR count). The second-order valence-electron chi connectivity index (χ2n) is 3.78. The molecule has 0 heterocycles. The molecule has 0 aliphatic carbocycles. The van der Waals surface area contributed by atoms with E-state index in [2.05, 4.69) is 0 Å². The molecule has 112 valence electrons. The molecule has 0 spiro atoms. The zero-order valence-electron chi connectivity index (χ0n) is 10.9. The lowest BCUT2D eigenvalue weighted by Gasteiger charge is -2.18. The van der Waals surface area contributed by atoms with Crippen LogP contribution in [-0.4, -0.2) is 33.0 Å². The molecule has 1 aromatic carbocycles. The minimum absolute atomic E-state index is 0.230.